The molecule has 0 heterocycles. The molecule has 1 amide bonds. The third-order valence-corrected chi connectivity index (χ3v) is 3.29. The molecule has 0 radical (unpaired) electrons. The van der Waals surface area contributed by atoms with Crippen LogP contribution >= 0.6 is 15.9 Å². The average molecular weight is 352 g/mol. The Morgan fingerprint density at radius 1 is 1.19 bits per heavy atom. The molecule has 6 heteroatoms. The number of carbonyl (C=O) groups excluding carboxylic acids is 1. The van der Waals surface area contributed by atoms with E-state index in [2.05, 4.69) is 21.2 Å². The molecular formula is C15H11BrFNO3. The molecule has 2 N–H and O–H groups in total. The molecule has 2 aromatic carbocycles. The first kappa shape index (κ1) is 15.2. The third kappa shape index (κ3) is 3.88. The van der Waals surface area contributed by atoms with Crippen LogP contribution in [0.1, 0.15) is 15.9 Å². The Labute approximate surface area is 128 Å². The predicted octanol–water partition coefficient (Wildman–Crippen LogP) is 3.47. The van der Waals surface area contributed by atoms with Crippen molar-refractivity contribution in [3.8, 4) is 0 Å². The summed E-state index contributed by atoms with van der Waals surface area (Å²) in [5.41, 5.74) is 0.391. The van der Waals surface area contributed by atoms with Crippen molar-refractivity contribution in [2.24, 2.45) is 0 Å². The molecule has 2 rings (SSSR count). The zero-order chi connectivity index (χ0) is 15.4. The topological polar surface area (TPSA) is 66.4 Å². The van der Waals surface area contributed by atoms with E-state index in [-0.39, 0.29) is 23.2 Å². The van der Waals surface area contributed by atoms with Gasteiger partial charge in [-0.1, -0.05) is 34.1 Å². The lowest BCUT2D eigenvalue weighted by Gasteiger charge is -2.09. The third-order valence-electron chi connectivity index (χ3n) is 2.79. The Bertz CT molecular complexity index is 703. The molecule has 4 nitrogen and oxygen atoms in total. The summed E-state index contributed by atoms with van der Waals surface area (Å²) in [5.74, 6) is -2.11. The van der Waals surface area contributed by atoms with Crippen LogP contribution < -0.4 is 5.32 Å². The monoisotopic (exact) mass is 351 g/mol. The van der Waals surface area contributed by atoms with E-state index in [4.69, 9.17) is 5.11 Å². The molecule has 0 aromatic heterocycles. The van der Waals surface area contributed by atoms with Gasteiger partial charge in [0.15, 0.2) is 0 Å². The van der Waals surface area contributed by atoms with Crippen LogP contribution in [0, 0.1) is 5.82 Å². The Balaban J connectivity index is 2.17. The van der Waals surface area contributed by atoms with Gasteiger partial charge in [0, 0.05) is 4.47 Å². The van der Waals surface area contributed by atoms with Gasteiger partial charge in [0.2, 0.25) is 5.91 Å². The van der Waals surface area contributed by atoms with Crippen LogP contribution in [0.25, 0.3) is 0 Å². The maximum absolute atomic E-state index is 13.5. The summed E-state index contributed by atoms with van der Waals surface area (Å²) in [6, 6.07) is 10.4. The number of halogens is 2. The van der Waals surface area contributed by atoms with Gasteiger partial charge in [0.05, 0.1) is 17.7 Å². The van der Waals surface area contributed by atoms with Gasteiger partial charge in [-0.25, -0.2) is 9.18 Å². The minimum Gasteiger partial charge on any atom is -0.478 e. The van der Waals surface area contributed by atoms with Crippen LogP contribution in [-0.2, 0) is 11.2 Å². The van der Waals surface area contributed by atoms with Crippen LogP contribution in [0.2, 0.25) is 0 Å². The van der Waals surface area contributed by atoms with Gasteiger partial charge in [0.1, 0.15) is 5.82 Å². The highest BCUT2D eigenvalue weighted by Gasteiger charge is 2.14. The minimum atomic E-state index is -1.16. The Morgan fingerprint density at radius 3 is 2.57 bits per heavy atom. The number of rotatable bonds is 4. The Hall–Kier alpha value is -2.21. The summed E-state index contributed by atoms with van der Waals surface area (Å²) < 4.78 is 14.1. The summed E-state index contributed by atoms with van der Waals surface area (Å²) in [6.07, 6.45) is -0.165. The lowest BCUT2D eigenvalue weighted by Crippen LogP contribution is -2.17. The van der Waals surface area contributed by atoms with E-state index in [0.717, 1.165) is 0 Å². The van der Waals surface area contributed by atoms with Crippen molar-refractivity contribution in [3.05, 3.63) is 63.9 Å². The van der Waals surface area contributed by atoms with Gasteiger partial charge in [0.25, 0.3) is 0 Å². The van der Waals surface area contributed by atoms with Gasteiger partial charge in [-0.3, -0.25) is 4.79 Å². The number of amides is 1. The summed E-state index contributed by atoms with van der Waals surface area (Å²) in [6.45, 7) is 0. The summed E-state index contributed by atoms with van der Waals surface area (Å²) in [7, 11) is 0. The second-order valence-corrected chi connectivity index (χ2v) is 5.23. The van der Waals surface area contributed by atoms with Gasteiger partial charge < -0.3 is 10.4 Å². The molecule has 0 saturated heterocycles. The fraction of sp³-hybridized carbons (Fsp3) is 0.0667. The van der Waals surface area contributed by atoms with Crippen molar-refractivity contribution in [2.45, 2.75) is 6.42 Å². The summed E-state index contributed by atoms with van der Waals surface area (Å²) in [5, 5.41) is 11.6. The Morgan fingerprint density at radius 2 is 1.90 bits per heavy atom. The molecule has 0 unspecified atom stereocenters. The zero-order valence-corrected chi connectivity index (χ0v) is 12.4. The van der Waals surface area contributed by atoms with E-state index >= 15 is 0 Å². The number of carboxylic acids is 1. The number of nitrogens with one attached hydrogen (secondary N) is 1. The van der Waals surface area contributed by atoms with Crippen LogP contribution in [0.3, 0.4) is 0 Å². The van der Waals surface area contributed by atoms with Crippen molar-refractivity contribution < 1.29 is 19.1 Å². The second-order valence-electron chi connectivity index (χ2n) is 4.31. The van der Waals surface area contributed by atoms with Gasteiger partial charge >= 0.3 is 5.97 Å². The lowest BCUT2D eigenvalue weighted by molar-refractivity contribution is -0.115. The summed E-state index contributed by atoms with van der Waals surface area (Å²) in [4.78, 5) is 23.0. The fourth-order valence-corrected chi connectivity index (χ4v) is 2.17. The number of hydrogen-bond donors (Lipinski definition) is 2. The first-order valence-electron chi connectivity index (χ1n) is 6.03. The van der Waals surface area contributed by atoms with Crippen molar-refractivity contribution in [2.75, 3.05) is 5.32 Å². The SMILES string of the molecule is O=C(Cc1ccccc1F)Nc1ccc(Br)cc1C(=O)O. The quantitative estimate of drug-likeness (QED) is 0.886. The van der Waals surface area contributed by atoms with Crippen molar-refractivity contribution >= 4 is 33.5 Å². The minimum absolute atomic E-state index is 0.0359. The van der Waals surface area contributed by atoms with E-state index in [1.807, 2.05) is 0 Å². The van der Waals surface area contributed by atoms with E-state index < -0.39 is 17.7 Å². The standard InChI is InChI=1S/C15H11BrFNO3/c16-10-5-6-13(11(8-10)15(20)21)18-14(19)7-9-3-1-2-4-12(9)17/h1-6,8H,7H2,(H,18,19)(H,20,21). The van der Waals surface area contributed by atoms with Crippen LogP contribution in [0.4, 0.5) is 10.1 Å². The molecule has 0 fully saturated rings. The number of anilines is 1. The highest BCUT2D eigenvalue weighted by molar-refractivity contribution is 9.10. The van der Waals surface area contributed by atoms with E-state index in [1.165, 1.54) is 30.3 Å². The van der Waals surface area contributed by atoms with Gasteiger partial charge in [-0.2, -0.15) is 0 Å². The van der Waals surface area contributed by atoms with Crippen LogP contribution in [0.5, 0.6) is 0 Å². The van der Waals surface area contributed by atoms with E-state index in [9.17, 15) is 14.0 Å². The molecule has 21 heavy (non-hydrogen) atoms. The highest BCUT2D eigenvalue weighted by atomic mass is 79.9. The lowest BCUT2D eigenvalue weighted by atomic mass is 10.1. The van der Waals surface area contributed by atoms with Gasteiger partial charge in [-0.15, -0.1) is 0 Å². The molecular weight excluding hydrogens is 341 g/mol. The molecule has 0 bridgehead atoms. The first-order valence-corrected chi connectivity index (χ1v) is 6.83. The molecule has 2 aromatic rings. The Kier molecular flexibility index (Phi) is 4.70. The predicted molar refractivity (Wildman–Crippen MR) is 79.8 cm³/mol. The zero-order valence-electron chi connectivity index (χ0n) is 10.8. The number of carboxylic acid groups (broad SMARTS) is 1. The van der Waals surface area contributed by atoms with Crippen LogP contribution in [-0.4, -0.2) is 17.0 Å². The number of aromatic carboxylic acids is 1. The van der Waals surface area contributed by atoms with E-state index in [1.54, 1.807) is 12.1 Å². The fourth-order valence-electron chi connectivity index (χ4n) is 1.81. The number of hydrogen-bond acceptors (Lipinski definition) is 2. The van der Waals surface area contributed by atoms with Gasteiger partial charge in [-0.05, 0) is 29.8 Å². The smallest absolute Gasteiger partial charge is 0.337 e. The average Bonchev–Trinajstić information content (AvgIpc) is 2.43. The molecule has 0 atom stereocenters. The highest BCUT2D eigenvalue weighted by Crippen LogP contribution is 2.21. The summed E-state index contributed by atoms with van der Waals surface area (Å²) >= 11 is 3.17. The number of carbonyl (C=O) groups is 2. The second kappa shape index (κ2) is 6.49. The molecule has 0 aliphatic heterocycles. The molecule has 0 saturated carbocycles. The van der Waals surface area contributed by atoms with E-state index in [0.29, 0.717) is 4.47 Å². The number of benzene rings is 2. The van der Waals surface area contributed by atoms with Crippen LogP contribution in [0.15, 0.2) is 46.9 Å². The van der Waals surface area contributed by atoms with Crippen molar-refractivity contribution in [1.82, 2.24) is 0 Å². The van der Waals surface area contributed by atoms with Crippen molar-refractivity contribution in [1.29, 1.82) is 0 Å². The molecule has 0 spiro atoms. The largest absolute Gasteiger partial charge is 0.478 e. The maximum atomic E-state index is 13.5. The molecule has 108 valence electrons. The normalized spacial score (nSPS) is 10.2. The molecule has 0 aliphatic carbocycles. The first-order chi connectivity index (χ1) is 9.97. The maximum Gasteiger partial charge on any atom is 0.337 e. The van der Waals surface area contributed by atoms with Crippen molar-refractivity contribution in [3.63, 3.8) is 0 Å². The molecule has 0 aliphatic rings.